The molecule has 9 heteroatoms. The molecular formula is C27H41N5O4. The van der Waals surface area contributed by atoms with Crippen molar-refractivity contribution in [2.24, 2.45) is 0 Å². The summed E-state index contributed by atoms with van der Waals surface area (Å²) in [5.74, 6) is -0.431. The van der Waals surface area contributed by atoms with Crippen molar-refractivity contribution in [3.8, 4) is 0 Å². The van der Waals surface area contributed by atoms with Crippen LogP contribution in [0.2, 0.25) is 0 Å². The number of ether oxygens (including phenoxy) is 1. The van der Waals surface area contributed by atoms with Gasteiger partial charge in [0.25, 0.3) is 0 Å². The number of urea groups is 2. The van der Waals surface area contributed by atoms with Gasteiger partial charge in [0.05, 0.1) is 18.2 Å². The number of carbonyl (C=O) groups is 3. The van der Waals surface area contributed by atoms with Crippen LogP contribution < -0.4 is 10.6 Å². The van der Waals surface area contributed by atoms with Crippen molar-refractivity contribution >= 4 is 18.0 Å². The smallest absolute Gasteiger partial charge is 0.338 e. The molecule has 3 rings (SSSR count). The minimum Gasteiger partial charge on any atom is -0.463 e. The molecule has 1 fully saturated rings. The van der Waals surface area contributed by atoms with Gasteiger partial charge in [-0.15, -0.1) is 0 Å². The summed E-state index contributed by atoms with van der Waals surface area (Å²) in [6.07, 6.45) is 0. The molecule has 0 spiro atoms. The van der Waals surface area contributed by atoms with Crippen molar-refractivity contribution in [3.05, 3.63) is 46.7 Å². The van der Waals surface area contributed by atoms with Crippen molar-refractivity contribution < 1.29 is 19.1 Å². The highest BCUT2D eigenvalue weighted by Crippen LogP contribution is 2.33. The van der Waals surface area contributed by atoms with Crippen molar-refractivity contribution in [3.63, 3.8) is 0 Å². The largest absolute Gasteiger partial charge is 0.463 e. The molecule has 0 aliphatic carbocycles. The lowest BCUT2D eigenvalue weighted by molar-refractivity contribution is -0.139. The quantitative estimate of drug-likeness (QED) is 0.586. The molecule has 198 valence electrons. The van der Waals surface area contributed by atoms with Gasteiger partial charge >= 0.3 is 18.0 Å². The van der Waals surface area contributed by atoms with Crippen LogP contribution in [0.4, 0.5) is 9.59 Å². The molecule has 0 unspecified atom stereocenters. The zero-order chi connectivity index (χ0) is 26.6. The topological polar surface area (TPSA) is 94.2 Å². The summed E-state index contributed by atoms with van der Waals surface area (Å²) >= 11 is 0. The molecule has 0 aromatic heterocycles. The molecule has 2 aliphatic rings. The van der Waals surface area contributed by atoms with Gasteiger partial charge in [-0.25, -0.2) is 14.4 Å². The van der Waals surface area contributed by atoms with Crippen molar-refractivity contribution in [1.82, 2.24) is 25.3 Å². The molecule has 0 bridgehead atoms. The maximum absolute atomic E-state index is 13.2. The highest BCUT2D eigenvalue weighted by molar-refractivity contribution is 5.95. The van der Waals surface area contributed by atoms with Crippen LogP contribution in [0, 0.1) is 0 Å². The minimum absolute atomic E-state index is 0.00620. The molecule has 2 N–H and O–H groups in total. The second kappa shape index (κ2) is 11.3. The fourth-order valence-electron chi connectivity index (χ4n) is 4.48. The summed E-state index contributed by atoms with van der Waals surface area (Å²) in [7, 11) is 1.68. The lowest BCUT2D eigenvalue weighted by atomic mass is 9.85. The van der Waals surface area contributed by atoms with E-state index in [0.717, 1.165) is 5.56 Å². The Labute approximate surface area is 214 Å². The summed E-state index contributed by atoms with van der Waals surface area (Å²) in [4.78, 5) is 44.0. The first-order chi connectivity index (χ1) is 16.9. The molecule has 2 heterocycles. The molecule has 1 atom stereocenters. The lowest BCUT2D eigenvalue weighted by Crippen LogP contribution is -2.55. The van der Waals surface area contributed by atoms with E-state index in [1.54, 1.807) is 18.9 Å². The minimum atomic E-state index is -0.602. The van der Waals surface area contributed by atoms with E-state index in [-0.39, 0.29) is 30.1 Å². The van der Waals surface area contributed by atoms with Gasteiger partial charge in [0.2, 0.25) is 0 Å². The van der Waals surface area contributed by atoms with Crippen LogP contribution in [0.5, 0.6) is 0 Å². The molecule has 1 saturated heterocycles. The van der Waals surface area contributed by atoms with Gasteiger partial charge in [-0.1, -0.05) is 45.0 Å². The van der Waals surface area contributed by atoms with Crippen LogP contribution in [0.15, 0.2) is 35.5 Å². The molecule has 2 aliphatic heterocycles. The van der Waals surface area contributed by atoms with Gasteiger partial charge in [-0.3, -0.25) is 9.80 Å². The van der Waals surface area contributed by atoms with Gasteiger partial charge in [0.15, 0.2) is 0 Å². The summed E-state index contributed by atoms with van der Waals surface area (Å²) in [5, 5.41) is 5.92. The number of nitrogens with one attached hydrogen (secondary N) is 2. The van der Waals surface area contributed by atoms with Crippen LogP contribution in [0.1, 0.15) is 58.7 Å². The van der Waals surface area contributed by atoms with E-state index in [0.29, 0.717) is 44.0 Å². The molecule has 9 nitrogen and oxygen atoms in total. The SMILES string of the molecule is CCOC(=O)C1=C(CN2CCN(C(=O)NC(C)C)CC2)N(C)C(=O)N[C@H]1c1ccc(C(C)(C)C)cc1. The zero-order valence-corrected chi connectivity index (χ0v) is 22.7. The number of amides is 4. The van der Waals surface area contributed by atoms with Crippen molar-refractivity contribution in [2.45, 2.75) is 59.0 Å². The molecule has 0 radical (unpaired) electrons. The number of likely N-dealkylation sites (N-methyl/N-ethyl adjacent to an activating group) is 1. The number of hydrogen-bond acceptors (Lipinski definition) is 5. The highest BCUT2D eigenvalue weighted by Gasteiger charge is 2.38. The van der Waals surface area contributed by atoms with Crippen LogP contribution in [0.25, 0.3) is 0 Å². The fourth-order valence-corrected chi connectivity index (χ4v) is 4.48. The third-order valence-electron chi connectivity index (χ3n) is 6.63. The van der Waals surface area contributed by atoms with Crippen molar-refractivity contribution in [1.29, 1.82) is 0 Å². The number of benzene rings is 1. The van der Waals surface area contributed by atoms with Crippen LogP contribution in [-0.2, 0) is 14.9 Å². The summed E-state index contributed by atoms with van der Waals surface area (Å²) in [6, 6.07) is 7.18. The molecule has 4 amide bonds. The average molecular weight is 500 g/mol. The normalized spacial score (nSPS) is 19.4. The number of hydrogen-bond donors (Lipinski definition) is 2. The second-order valence-electron chi connectivity index (χ2n) is 10.8. The Hall–Kier alpha value is -3.07. The summed E-state index contributed by atoms with van der Waals surface area (Å²) in [6.45, 7) is 15.2. The van der Waals surface area contributed by atoms with E-state index in [1.807, 2.05) is 38.1 Å². The number of rotatable bonds is 6. The molecule has 1 aromatic rings. The first-order valence-corrected chi connectivity index (χ1v) is 12.7. The van der Waals surface area contributed by atoms with E-state index in [4.69, 9.17) is 4.74 Å². The van der Waals surface area contributed by atoms with E-state index in [9.17, 15) is 14.4 Å². The number of piperazine rings is 1. The Bertz CT molecular complexity index is 988. The predicted molar refractivity (Wildman–Crippen MR) is 140 cm³/mol. The summed E-state index contributed by atoms with van der Waals surface area (Å²) < 4.78 is 5.45. The lowest BCUT2D eigenvalue weighted by Gasteiger charge is -2.39. The average Bonchev–Trinajstić information content (AvgIpc) is 2.81. The van der Waals surface area contributed by atoms with Gasteiger partial charge in [0, 0.05) is 51.5 Å². The standard InChI is InChI=1S/C27H41N5O4/c1-8-36-24(33)22-21(17-31-13-15-32(16-14-31)26(35)28-18(2)3)30(7)25(34)29-23(22)19-9-11-20(12-10-19)27(4,5)6/h9-12,18,23H,8,13-17H2,1-7H3,(H,28,35)(H,29,34)/t23-/m0/s1. The highest BCUT2D eigenvalue weighted by atomic mass is 16.5. The van der Waals surface area contributed by atoms with Gasteiger partial charge in [-0.05, 0) is 37.3 Å². The zero-order valence-electron chi connectivity index (χ0n) is 22.7. The number of esters is 1. The Morgan fingerprint density at radius 2 is 1.72 bits per heavy atom. The van der Waals surface area contributed by atoms with E-state index in [1.165, 1.54) is 10.5 Å². The number of carbonyl (C=O) groups excluding carboxylic acids is 3. The Kier molecular flexibility index (Phi) is 8.66. The van der Waals surface area contributed by atoms with E-state index >= 15 is 0 Å². The van der Waals surface area contributed by atoms with Gasteiger partial charge < -0.3 is 20.3 Å². The van der Waals surface area contributed by atoms with Gasteiger partial charge in [0.1, 0.15) is 0 Å². The maximum atomic E-state index is 13.2. The fraction of sp³-hybridized carbons (Fsp3) is 0.593. The first-order valence-electron chi connectivity index (χ1n) is 12.7. The summed E-state index contributed by atoms with van der Waals surface area (Å²) in [5.41, 5.74) is 3.07. The van der Waals surface area contributed by atoms with E-state index in [2.05, 4.69) is 36.3 Å². The molecule has 1 aromatic carbocycles. The molecule has 36 heavy (non-hydrogen) atoms. The predicted octanol–water partition coefficient (Wildman–Crippen LogP) is 3.23. The van der Waals surface area contributed by atoms with E-state index < -0.39 is 12.0 Å². The molecule has 0 saturated carbocycles. The maximum Gasteiger partial charge on any atom is 0.338 e. The van der Waals surface area contributed by atoms with Crippen LogP contribution in [-0.4, -0.2) is 85.2 Å². The first kappa shape index (κ1) is 27.5. The second-order valence-corrected chi connectivity index (χ2v) is 10.8. The van der Waals surface area contributed by atoms with Gasteiger partial charge in [-0.2, -0.15) is 0 Å². The van der Waals surface area contributed by atoms with Crippen molar-refractivity contribution in [2.75, 3.05) is 46.4 Å². The Morgan fingerprint density at radius 1 is 1.11 bits per heavy atom. The third-order valence-corrected chi connectivity index (χ3v) is 6.63. The van der Waals surface area contributed by atoms with Crippen LogP contribution >= 0.6 is 0 Å². The monoisotopic (exact) mass is 499 g/mol. The number of nitrogens with zero attached hydrogens (tertiary/aromatic N) is 3. The molecular weight excluding hydrogens is 458 g/mol. The Morgan fingerprint density at radius 3 is 2.25 bits per heavy atom. The third kappa shape index (κ3) is 6.37. The van der Waals surface area contributed by atoms with Crippen LogP contribution in [0.3, 0.4) is 0 Å². The Balaban J connectivity index is 1.89.